The molecule has 2 rings (SSSR count). The third-order valence-electron chi connectivity index (χ3n) is 4.47. The first-order chi connectivity index (χ1) is 9.50. The lowest BCUT2D eigenvalue weighted by Crippen LogP contribution is -2.37. The second-order valence-electron chi connectivity index (χ2n) is 5.74. The average Bonchev–Trinajstić information content (AvgIpc) is 2.44. The molecule has 0 aliphatic heterocycles. The van der Waals surface area contributed by atoms with E-state index >= 15 is 0 Å². The van der Waals surface area contributed by atoms with Crippen LogP contribution in [0.4, 0.5) is 0 Å². The molecule has 2 nitrogen and oxygen atoms in total. The maximum absolute atomic E-state index is 12.3. The smallest absolute Gasteiger partial charge is 0.137 e. The van der Waals surface area contributed by atoms with E-state index in [1.807, 2.05) is 24.3 Å². The molecular formula is C17H21BrO2. The topological polar surface area (TPSA) is 26.3 Å². The molecule has 3 heteroatoms. The summed E-state index contributed by atoms with van der Waals surface area (Å²) in [4.78, 5) is 12.3. The number of methoxy groups -OCH3 is 1. The second-order valence-corrected chi connectivity index (χ2v) is 6.60. The molecule has 0 radical (unpaired) electrons. The van der Waals surface area contributed by atoms with Gasteiger partial charge in [0.25, 0.3) is 0 Å². The fourth-order valence-electron chi connectivity index (χ4n) is 2.99. The predicted molar refractivity (Wildman–Crippen MR) is 85.1 cm³/mol. The van der Waals surface area contributed by atoms with Gasteiger partial charge in [0.15, 0.2) is 0 Å². The molecule has 1 aromatic rings. The maximum Gasteiger partial charge on any atom is 0.137 e. The van der Waals surface area contributed by atoms with Gasteiger partial charge in [-0.05, 0) is 42.4 Å². The summed E-state index contributed by atoms with van der Waals surface area (Å²) in [6.07, 6.45) is 5.43. The molecule has 0 unspecified atom stereocenters. The van der Waals surface area contributed by atoms with Gasteiger partial charge in [0.2, 0.25) is 0 Å². The molecule has 20 heavy (non-hydrogen) atoms. The lowest BCUT2D eigenvalue weighted by Gasteiger charge is -2.38. The Labute approximate surface area is 129 Å². The number of carbonyl (C=O) groups excluding carboxylic acids is 1. The van der Waals surface area contributed by atoms with Gasteiger partial charge in [-0.15, -0.1) is 6.58 Å². The van der Waals surface area contributed by atoms with E-state index in [-0.39, 0.29) is 11.3 Å². The Balaban J connectivity index is 2.26. The van der Waals surface area contributed by atoms with Gasteiger partial charge in [-0.2, -0.15) is 0 Å². The number of hydrogen-bond donors (Lipinski definition) is 0. The Morgan fingerprint density at radius 3 is 2.90 bits per heavy atom. The fourth-order valence-corrected chi connectivity index (χ4v) is 3.51. The molecule has 0 spiro atoms. The van der Waals surface area contributed by atoms with Crippen LogP contribution >= 0.6 is 15.9 Å². The highest BCUT2D eigenvalue weighted by molar-refractivity contribution is 9.10. The number of ether oxygens (including phenoxy) is 1. The molecule has 108 valence electrons. The highest BCUT2D eigenvalue weighted by Gasteiger charge is 2.39. The van der Waals surface area contributed by atoms with Crippen LogP contribution in [-0.4, -0.2) is 12.9 Å². The number of Topliss-reactive ketones (excluding diaryl/α,β-unsaturated/α-hetero) is 1. The van der Waals surface area contributed by atoms with Crippen molar-refractivity contribution in [3.8, 4) is 5.75 Å². The fraction of sp³-hybridized carbons (Fsp3) is 0.471. The highest BCUT2D eigenvalue weighted by Crippen LogP contribution is 2.42. The van der Waals surface area contributed by atoms with Crippen LogP contribution < -0.4 is 4.74 Å². The SMILES string of the molecule is C=C[C@@]1(C)CCCC(=O)[C@@H]1Cc1ccc(OC)cc1Br. The lowest BCUT2D eigenvalue weighted by atomic mass is 9.65. The van der Waals surface area contributed by atoms with Crippen LogP contribution in [0, 0.1) is 11.3 Å². The van der Waals surface area contributed by atoms with Crippen molar-refractivity contribution in [2.45, 2.75) is 32.6 Å². The molecule has 2 atom stereocenters. The minimum Gasteiger partial charge on any atom is -0.497 e. The number of hydrogen-bond acceptors (Lipinski definition) is 2. The van der Waals surface area contributed by atoms with Crippen LogP contribution in [0.1, 0.15) is 31.7 Å². The zero-order valence-corrected chi connectivity index (χ0v) is 13.7. The van der Waals surface area contributed by atoms with Crippen molar-refractivity contribution in [3.05, 3.63) is 40.9 Å². The molecule has 0 N–H and O–H groups in total. The first kappa shape index (κ1) is 15.3. The van der Waals surface area contributed by atoms with Crippen LogP contribution in [0.5, 0.6) is 5.75 Å². The Morgan fingerprint density at radius 1 is 1.55 bits per heavy atom. The van der Waals surface area contributed by atoms with Crippen molar-refractivity contribution in [1.29, 1.82) is 0 Å². The molecule has 1 aliphatic rings. The third kappa shape index (κ3) is 2.98. The van der Waals surface area contributed by atoms with Crippen molar-refractivity contribution < 1.29 is 9.53 Å². The van der Waals surface area contributed by atoms with Gasteiger partial charge in [-0.25, -0.2) is 0 Å². The van der Waals surface area contributed by atoms with Gasteiger partial charge >= 0.3 is 0 Å². The van der Waals surface area contributed by atoms with Crippen molar-refractivity contribution >= 4 is 21.7 Å². The van der Waals surface area contributed by atoms with Crippen LogP contribution in [0.2, 0.25) is 0 Å². The number of benzene rings is 1. The maximum atomic E-state index is 12.3. The summed E-state index contributed by atoms with van der Waals surface area (Å²) < 4.78 is 6.21. The molecule has 0 heterocycles. The molecule has 0 saturated heterocycles. The van der Waals surface area contributed by atoms with E-state index < -0.39 is 0 Å². The van der Waals surface area contributed by atoms with Crippen molar-refractivity contribution in [2.75, 3.05) is 7.11 Å². The van der Waals surface area contributed by atoms with E-state index in [2.05, 4.69) is 29.4 Å². The second kappa shape index (κ2) is 6.13. The van der Waals surface area contributed by atoms with Crippen molar-refractivity contribution in [1.82, 2.24) is 0 Å². The first-order valence-electron chi connectivity index (χ1n) is 6.99. The quantitative estimate of drug-likeness (QED) is 0.753. The van der Waals surface area contributed by atoms with Crippen LogP contribution in [0.3, 0.4) is 0 Å². The van der Waals surface area contributed by atoms with Crippen LogP contribution in [0.25, 0.3) is 0 Å². The van der Waals surface area contributed by atoms with Gasteiger partial charge < -0.3 is 4.74 Å². The van der Waals surface area contributed by atoms with E-state index in [4.69, 9.17) is 4.74 Å². The van der Waals surface area contributed by atoms with Gasteiger partial charge in [0, 0.05) is 16.8 Å². The van der Waals surface area contributed by atoms with Gasteiger partial charge in [0.05, 0.1) is 7.11 Å². The zero-order valence-electron chi connectivity index (χ0n) is 12.1. The Kier molecular flexibility index (Phi) is 4.69. The molecular weight excluding hydrogens is 316 g/mol. The third-order valence-corrected chi connectivity index (χ3v) is 5.21. The first-order valence-corrected chi connectivity index (χ1v) is 7.78. The average molecular weight is 337 g/mol. The van der Waals surface area contributed by atoms with E-state index in [0.717, 1.165) is 35.0 Å². The largest absolute Gasteiger partial charge is 0.497 e. The predicted octanol–water partition coefficient (Wildman–Crippen LogP) is 4.56. The van der Waals surface area contributed by atoms with Crippen molar-refractivity contribution in [3.63, 3.8) is 0 Å². The highest BCUT2D eigenvalue weighted by atomic mass is 79.9. The normalized spacial score (nSPS) is 26.4. The standard InChI is InChI=1S/C17H21BrO2/c1-4-17(2)9-5-6-16(19)14(17)10-12-7-8-13(20-3)11-15(12)18/h4,7-8,11,14H,1,5-6,9-10H2,2-3H3/t14-,17-/m0/s1. The van der Waals surface area contributed by atoms with Crippen LogP contribution in [-0.2, 0) is 11.2 Å². The van der Waals surface area contributed by atoms with E-state index in [9.17, 15) is 4.79 Å². The summed E-state index contributed by atoms with van der Waals surface area (Å²) in [5.41, 5.74) is 1.06. The zero-order chi connectivity index (χ0) is 14.8. The molecule has 1 fully saturated rings. The lowest BCUT2D eigenvalue weighted by molar-refractivity contribution is -0.128. The number of ketones is 1. The van der Waals surface area contributed by atoms with Crippen molar-refractivity contribution in [2.24, 2.45) is 11.3 Å². The van der Waals surface area contributed by atoms with Crippen LogP contribution in [0.15, 0.2) is 35.3 Å². The molecule has 0 bridgehead atoms. The summed E-state index contributed by atoms with van der Waals surface area (Å²) in [7, 11) is 1.65. The molecule has 0 aromatic heterocycles. The summed E-state index contributed by atoms with van der Waals surface area (Å²) in [5, 5.41) is 0. The Bertz CT molecular complexity index is 524. The summed E-state index contributed by atoms with van der Waals surface area (Å²) >= 11 is 3.58. The molecule has 0 amide bonds. The van der Waals surface area contributed by atoms with Gasteiger partial charge in [0.1, 0.15) is 11.5 Å². The number of halogens is 1. The summed E-state index contributed by atoms with van der Waals surface area (Å²) in [6.45, 7) is 6.10. The van der Waals surface area contributed by atoms with E-state index in [0.29, 0.717) is 12.2 Å². The minimum atomic E-state index is -0.0886. The minimum absolute atomic E-state index is 0.0263. The Hall–Kier alpha value is -1.09. The summed E-state index contributed by atoms with van der Waals surface area (Å²) in [6, 6.07) is 5.93. The monoisotopic (exact) mass is 336 g/mol. The van der Waals surface area contributed by atoms with E-state index in [1.54, 1.807) is 7.11 Å². The molecule has 1 aromatic carbocycles. The summed E-state index contributed by atoms with van der Waals surface area (Å²) in [5.74, 6) is 1.21. The number of carbonyl (C=O) groups is 1. The van der Waals surface area contributed by atoms with Gasteiger partial charge in [-0.3, -0.25) is 4.79 Å². The number of allylic oxidation sites excluding steroid dienone is 1. The van der Waals surface area contributed by atoms with Gasteiger partial charge in [-0.1, -0.05) is 35.0 Å². The molecule has 1 aliphatic carbocycles. The Morgan fingerprint density at radius 2 is 2.30 bits per heavy atom. The van der Waals surface area contributed by atoms with E-state index in [1.165, 1.54) is 0 Å². The molecule has 1 saturated carbocycles. The number of rotatable bonds is 4.